The van der Waals surface area contributed by atoms with Crippen LogP contribution >= 0.6 is 11.6 Å². The number of hydrogen-bond donors (Lipinski definition) is 1. The molecular weight excluding hydrogens is 390 g/mol. The van der Waals surface area contributed by atoms with E-state index in [1.54, 1.807) is 13.0 Å². The molecule has 1 amide bonds. The highest BCUT2D eigenvalue weighted by Gasteiger charge is 2.33. The smallest absolute Gasteiger partial charge is 0.247 e. The van der Waals surface area contributed by atoms with Crippen molar-refractivity contribution in [2.45, 2.75) is 19.1 Å². The zero-order chi connectivity index (χ0) is 20.2. The SMILES string of the molecule is Cc1cc(NC(=O)[C@H](c2ccccc2)N2CCO[C@@H](c3ccc(Cl)cc3)C2)no1. The molecule has 4 rings (SSSR count). The van der Waals surface area contributed by atoms with E-state index in [0.717, 1.165) is 11.1 Å². The third kappa shape index (κ3) is 4.67. The molecule has 1 N–H and O–H groups in total. The second kappa shape index (κ2) is 8.78. The fraction of sp³-hybridized carbons (Fsp3) is 0.273. The molecule has 0 bridgehead atoms. The predicted octanol–water partition coefficient (Wildman–Crippen LogP) is 4.39. The second-order valence-electron chi connectivity index (χ2n) is 7.03. The number of benzene rings is 2. The van der Waals surface area contributed by atoms with Gasteiger partial charge < -0.3 is 14.6 Å². The maximum absolute atomic E-state index is 13.2. The summed E-state index contributed by atoms with van der Waals surface area (Å²) in [6, 6.07) is 18.6. The van der Waals surface area contributed by atoms with Gasteiger partial charge in [0.1, 0.15) is 11.8 Å². The van der Waals surface area contributed by atoms with Crippen molar-refractivity contribution in [3.63, 3.8) is 0 Å². The van der Waals surface area contributed by atoms with Gasteiger partial charge in [0.15, 0.2) is 5.82 Å². The number of ether oxygens (including phenoxy) is 1. The molecule has 0 unspecified atom stereocenters. The van der Waals surface area contributed by atoms with Crippen molar-refractivity contribution in [2.75, 3.05) is 25.0 Å². The van der Waals surface area contributed by atoms with Crippen molar-refractivity contribution < 1.29 is 14.1 Å². The third-order valence-corrected chi connectivity index (χ3v) is 5.20. The topological polar surface area (TPSA) is 67.6 Å². The van der Waals surface area contributed by atoms with Crippen LogP contribution in [0.5, 0.6) is 0 Å². The molecule has 6 nitrogen and oxygen atoms in total. The van der Waals surface area contributed by atoms with Gasteiger partial charge in [0.25, 0.3) is 0 Å². The number of aryl methyl sites for hydroxylation is 1. The summed E-state index contributed by atoms with van der Waals surface area (Å²) < 4.78 is 11.0. The van der Waals surface area contributed by atoms with Crippen molar-refractivity contribution in [1.29, 1.82) is 0 Å². The Morgan fingerprint density at radius 3 is 2.66 bits per heavy atom. The Hall–Kier alpha value is -2.67. The van der Waals surface area contributed by atoms with Crippen molar-refractivity contribution in [3.8, 4) is 0 Å². The van der Waals surface area contributed by atoms with Crippen LogP contribution in [0.2, 0.25) is 5.02 Å². The molecule has 0 spiro atoms. The van der Waals surface area contributed by atoms with E-state index in [9.17, 15) is 4.79 Å². The average molecular weight is 412 g/mol. The zero-order valence-electron chi connectivity index (χ0n) is 16.0. The van der Waals surface area contributed by atoms with Crippen LogP contribution in [0, 0.1) is 6.92 Å². The maximum Gasteiger partial charge on any atom is 0.247 e. The molecule has 150 valence electrons. The van der Waals surface area contributed by atoms with E-state index in [4.69, 9.17) is 20.9 Å². The Labute approximate surface area is 174 Å². The quantitative estimate of drug-likeness (QED) is 0.674. The van der Waals surface area contributed by atoms with E-state index in [2.05, 4.69) is 15.4 Å². The first-order valence-electron chi connectivity index (χ1n) is 9.50. The number of anilines is 1. The molecule has 1 aromatic heterocycles. The number of nitrogens with zero attached hydrogens (tertiary/aromatic N) is 2. The van der Waals surface area contributed by atoms with Gasteiger partial charge in [-0.2, -0.15) is 0 Å². The first kappa shape index (κ1) is 19.6. The van der Waals surface area contributed by atoms with Crippen LogP contribution in [0.1, 0.15) is 29.0 Å². The third-order valence-electron chi connectivity index (χ3n) is 4.95. The van der Waals surface area contributed by atoms with E-state index in [1.807, 2.05) is 54.6 Å². The number of carbonyl (C=O) groups is 1. The highest BCUT2D eigenvalue weighted by molar-refractivity contribution is 6.30. The highest BCUT2D eigenvalue weighted by atomic mass is 35.5. The summed E-state index contributed by atoms with van der Waals surface area (Å²) in [6.45, 7) is 3.56. The van der Waals surface area contributed by atoms with Crippen LogP contribution in [0.25, 0.3) is 0 Å². The lowest BCUT2D eigenvalue weighted by atomic mass is 10.0. The van der Waals surface area contributed by atoms with E-state index < -0.39 is 6.04 Å². The highest BCUT2D eigenvalue weighted by Crippen LogP contribution is 2.30. The lowest BCUT2D eigenvalue weighted by Gasteiger charge is -2.37. The van der Waals surface area contributed by atoms with Crippen molar-refractivity contribution in [1.82, 2.24) is 10.1 Å². The van der Waals surface area contributed by atoms with Crippen LogP contribution in [-0.4, -0.2) is 35.7 Å². The second-order valence-corrected chi connectivity index (χ2v) is 7.47. The fourth-order valence-corrected chi connectivity index (χ4v) is 3.69. The Kier molecular flexibility index (Phi) is 5.94. The normalized spacial score (nSPS) is 18.3. The monoisotopic (exact) mass is 411 g/mol. The standard InChI is InChI=1S/C22H22ClN3O3/c1-15-13-20(25-29-15)24-22(27)21(17-5-3-2-4-6-17)26-11-12-28-19(14-26)16-7-9-18(23)10-8-16/h2-10,13,19,21H,11-12,14H2,1H3,(H,24,25,27)/t19-,21+/m1/s1. The minimum Gasteiger partial charge on any atom is -0.371 e. The summed E-state index contributed by atoms with van der Waals surface area (Å²) in [6.07, 6.45) is -0.130. The first-order valence-corrected chi connectivity index (χ1v) is 9.88. The summed E-state index contributed by atoms with van der Waals surface area (Å²) in [5, 5.41) is 7.45. The van der Waals surface area contributed by atoms with Crippen molar-refractivity contribution >= 4 is 23.3 Å². The minimum atomic E-state index is -0.466. The van der Waals surface area contributed by atoms with E-state index in [-0.39, 0.29) is 12.0 Å². The minimum absolute atomic E-state index is 0.130. The molecule has 0 radical (unpaired) electrons. The van der Waals surface area contributed by atoms with E-state index in [0.29, 0.717) is 36.3 Å². The van der Waals surface area contributed by atoms with E-state index in [1.165, 1.54) is 0 Å². The number of rotatable bonds is 5. The van der Waals surface area contributed by atoms with Crippen LogP contribution < -0.4 is 5.32 Å². The number of morpholine rings is 1. The van der Waals surface area contributed by atoms with Crippen LogP contribution in [0.4, 0.5) is 5.82 Å². The van der Waals surface area contributed by atoms with Crippen molar-refractivity contribution in [2.24, 2.45) is 0 Å². The molecule has 7 heteroatoms. The largest absolute Gasteiger partial charge is 0.371 e. The lowest BCUT2D eigenvalue weighted by molar-refractivity contribution is -0.125. The van der Waals surface area contributed by atoms with Gasteiger partial charge in [0, 0.05) is 24.2 Å². The number of aromatic nitrogens is 1. The molecule has 1 aliphatic heterocycles. The van der Waals surface area contributed by atoms with Crippen molar-refractivity contribution in [3.05, 3.63) is 82.6 Å². The molecular formula is C22H22ClN3O3. The van der Waals surface area contributed by atoms with Gasteiger partial charge in [-0.05, 0) is 30.2 Å². The number of hydrogen-bond acceptors (Lipinski definition) is 5. The molecule has 2 atom stereocenters. The predicted molar refractivity (Wildman–Crippen MR) is 111 cm³/mol. The summed E-state index contributed by atoms with van der Waals surface area (Å²) in [5.41, 5.74) is 1.96. The molecule has 1 fully saturated rings. The van der Waals surface area contributed by atoms with Gasteiger partial charge in [-0.15, -0.1) is 0 Å². The van der Waals surface area contributed by atoms with Gasteiger partial charge in [0.05, 0.1) is 12.7 Å². The fourth-order valence-electron chi connectivity index (χ4n) is 3.57. The molecule has 0 aliphatic carbocycles. The number of halogens is 1. The van der Waals surface area contributed by atoms with Gasteiger partial charge in [0.2, 0.25) is 5.91 Å². The molecule has 3 aromatic rings. The van der Waals surface area contributed by atoms with Gasteiger partial charge in [-0.1, -0.05) is 59.2 Å². The Morgan fingerprint density at radius 1 is 1.21 bits per heavy atom. The molecule has 2 aromatic carbocycles. The van der Waals surface area contributed by atoms with Gasteiger partial charge >= 0.3 is 0 Å². The number of nitrogens with one attached hydrogen (secondary N) is 1. The number of carbonyl (C=O) groups excluding carboxylic acids is 1. The Bertz CT molecular complexity index is 959. The van der Waals surface area contributed by atoms with Crippen LogP contribution in [0.3, 0.4) is 0 Å². The van der Waals surface area contributed by atoms with Gasteiger partial charge in [-0.3, -0.25) is 9.69 Å². The molecule has 0 saturated carbocycles. The van der Waals surface area contributed by atoms with Gasteiger partial charge in [-0.25, -0.2) is 0 Å². The maximum atomic E-state index is 13.2. The zero-order valence-corrected chi connectivity index (χ0v) is 16.8. The lowest BCUT2D eigenvalue weighted by Crippen LogP contribution is -2.45. The molecule has 2 heterocycles. The van der Waals surface area contributed by atoms with Crippen LogP contribution in [-0.2, 0) is 9.53 Å². The first-order chi connectivity index (χ1) is 14.1. The Balaban J connectivity index is 1.58. The van der Waals surface area contributed by atoms with Crippen LogP contribution in [0.15, 0.2) is 65.2 Å². The summed E-state index contributed by atoms with van der Waals surface area (Å²) in [5.74, 6) is 0.905. The summed E-state index contributed by atoms with van der Waals surface area (Å²) in [4.78, 5) is 15.4. The Morgan fingerprint density at radius 2 is 1.97 bits per heavy atom. The summed E-state index contributed by atoms with van der Waals surface area (Å²) in [7, 11) is 0. The van der Waals surface area contributed by atoms with E-state index >= 15 is 0 Å². The molecule has 1 aliphatic rings. The summed E-state index contributed by atoms with van der Waals surface area (Å²) >= 11 is 6.01. The molecule has 29 heavy (non-hydrogen) atoms. The molecule has 1 saturated heterocycles. The average Bonchev–Trinajstić information content (AvgIpc) is 3.14. The number of amides is 1.